The fraction of sp³-hybridized carbons (Fsp3) is 0.214. The number of halogens is 2. The molecule has 0 bridgehead atoms. The number of anilines is 1. The van der Waals surface area contributed by atoms with Crippen LogP contribution in [-0.2, 0) is 13.6 Å². The summed E-state index contributed by atoms with van der Waals surface area (Å²) in [6.45, 7) is 0.745. The minimum Gasteiger partial charge on any atom is -0.355 e. The molecule has 3 rings (SSSR count). The van der Waals surface area contributed by atoms with Crippen molar-refractivity contribution in [1.82, 2.24) is 19.7 Å². The van der Waals surface area contributed by atoms with Crippen LogP contribution in [-0.4, -0.2) is 26.8 Å². The second kappa shape index (κ2) is 5.73. The Bertz CT molecular complexity index is 799. The quantitative estimate of drug-likeness (QED) is 0.662. The van der Waals surface area contributed by atoms with Gasteiger partial charge in [-0.1, -0.05) is 34.1 Å². The molecule has 0 aliphatic carbocycles. The highest BCUT2D eigenvalue weighted by Crippen LogP contribution is 2.30. The molecule has 108 valence electrons. The molecule has 0 saturated carbocycles. The van der Waals surface area contributed by atoms with Crippen LogP contribution in [0.15, 0.2) is 39.7 Å². The molecule has 0 radical (unpaired) electrons. The van der Waals surface area contributed by atoms with Gasteiger partial charge in [0.2, 0.25) is 0 Å². The van der Waals surface area contributed by atoms with Crippen molar-refractivity contribution in [3.05, 3.63) is 45.2 Å². The summed E-state index contributed by atoms with van der Waals surface area (Å²) in [4.78, 5) is 10.8. The first-order valence-electron chi connectivity index (χ1n) is 6.35. The second-order valence-electron chi connectivity index (χ2n) is 4.76. The number of aromatic nitrogens is 4. The molecule has 3 aromatic rings. The normalized spacial score (nSPS) is 11.0. The van der Waals surface area contributed by atoms with Gasteiger partial charge in [-0.15, -0.1) is 0 Å². The van der Waals surface area contributed by atoms with Gasteiger partial charge in [0.05, 0.1) is 5.39 Å². The van der Waals surface area contributed by atoms with Crippen molar-refractivity contribution in [3.8, 4) is 0 Å². The molecule has 0 saturated heterocycles. The van der Waals surface area contributed by atoms with E-state index in [1.54, 1.807) is 11.0 Å². The molecule has 5 nitrogen and oxygen atoms in total. The van der Waals surface area contributed by atoms with Gasteiger partial charge in [-0.3, -0.25) is 0 Å². The van der Waals surface area contributed by atoms with Crippen molar-refractivity contribution >= 4 is 48.7 Å². The topological polar surface area (TPSA) is 46.8 Å². The van der Waals surface area contributed by atoms with E-state index in [-0.39, 0.29) is 0 Å². The number of rotatable bonds is 3. The van der Waals surface area contributed by atoms with Crippen molar-refractivity contribution in [2.24, 2.45) is 7.05 Å². The van der Waals surface area contributed by atoms with E-state index in [1.165, 1.54) is 5.56 Å². The van der Waals surface area contributed by atoms with Gasteiger partial charge in [0.15, 0.2) is 5.65 Å². The van der Waals surface area contributed by atoms with Gasteiger partial charge < -0.3 is 4.90 Å². The van der Waals surface area contributed by atoms with Gasteiger partial charge in [-0.05, 0) is 27.6 Å². The third kappa shape index (κ3) is 2.67. The molecule has 0 unspecified atom stereocenters. The lowest BCUT2D eigenvalue weighted by Gasteiger charge is -2.19. The lowest BCUT2D eigenvalue weighted by Crippen LogP contribution is -2.18. The lowest BCUT2D eigenvalue weighted by atomic mass is 10.2. The summed E-state index contributed by atoms with van der Waals surface area (Å²) in [5, 5.41) is 5.28. The first-order chi connectivity index (χ1) is 10.1. The molecule has 0 N–H and O–H groups in total. The summed E-state index contributed by atoms with van der Waals surface area (Å²) >= 11 is 7.07. The van der Waals surface area contributed by atoms with Crippen LogP contribution in [0.3, 0.4) is 0 Å². The van der Waals surface area contributed by atoms with Gasteiger partial charge in [-0.2, -0.15) is 5.10 Å². The number of aryl methyl sites for hydroxylation is 1. The summed E-state index contributed by atoms with van der Waals surface area (Å²) in [5.41, 5.74) is 2.01. The molecule has 0 atom stereocenters. The highest BCUT2D eigenvalue weighted by molar-refractivity contribution is 9.10. The summed E-state index contributed by atoms with van der Waals surface area (Å²) in [6.07, 6.45) is 1.57. The zero-order valence-electron chi connectivity index (χ0n) is 11.6. The van der Waals surface area contributed by atoms with Crippen LogP contribution < -0.4 is 4.90 Å². The zero-order valence-corrected chi connectivity index (χ0v) is 14.8. The largest absolute Gasteiger partial charge is 0.355 e. The van der Waals surface area contributed by atoms with Crippen LogP contribution in [0.2, 0.25) is 0 Å². The minimum absolute atomic E-state index is 0.745. The van der Waals surface area contributed by atoms with E-state index < -0.39 is 0 Å². The third-order valence-electron chi connectivity index (χ3n) is 3.28. The monoisotopic (exact) mass is 409 g/mol. The van der Waals surface area contributed by atoms with E-state index >= 15 is 0 Å². The van der Waals surface area contributed by atoms with E-state index in [0.29, 0.717) is 0 Å². The van der Waals surface area contributed by atoms with E-state index in [2.05, 4.69) is 57.9 Å². The van der Waals surface area contributed by atoms with E-state index in [4.69, 9.17) is 0 Å². The minimum atomic E-state index is 0.745. The van der Waals surface area contributed by atoms with E-state index in [0.717, 1.165) is 32.5 Å². The molecule has 0 aliphatic heterocycles. The van der Waals surface area contributed by atoms with Gasteiger partial charge in [0.1, 0.15) is 16.7 Å². The van der Waals surface area contributed by atoms with Crippen LogP contribution in [0.5, 0.6) is 0 Å². The third-order valence-corrected chi connectivity index (χ3v) is 4.61. The summed E-state index contributed by atoms with van der Waals surface area (Å²) < 4.78 is 3.60. The van der Waals surface area contributed by atoms with Crippen molar-refractivity contribution in [1.29, 1.82) is 0 Å². The van der Waals surface area contributed by atoms with Crippen molar-refractivity contribution in [2.75, 3.05) is 11.9 Å². The smallest absolute Gasteiger partial charge is 0.164 e. The second-order valence-corrected chi connectivity index (χ2v) is 6.36. The fourth-order valence-corrected chi connectivity index (χ4v) is 3.28. The molecule has 0 fully saturated rings. The Morgan fingerprint density at radius 1 is 1.19 bits per heavy atom. The predicted octanol–water partition coefficient (Wildman–Crippen LogP) is 3.52. The van der Waals surface area contributed by atoms with Gasteiger partial charge in [0.25, 0.3) is 0 Å². The number of hydrogen-bond acceptors (Lipinski definition) is 4. The van der Waals surface area contributed by atoms with Crippen molar-refractivity contribution in [3.63, 3.8) is 0 Å². The molecule has 1 aromatic carbocycles. The predicted molar refractivity (Wildman–Crippen MR) is 90.3 cm³/mol. The summed E-state index contributed by atoms with van der Waals surface area (Å²) in [7, 11) is 3.89. The Hall–Kier alpha value is -1.47. The summed E-state index contributed by atoms with van der Waals surface area (Å²) in [6, 6.07) is 8.17. The van der Waals surface area contributed by atoms with E-state index in [1.807, 2.05) is 32.3 Å². The Labute approximate surface area is 139 Å². The van der Waals surface area contributed by atoms with Crippen molar-refractivity contribution < 1.29 is 0 Å². The Kier molecular flexibility index (Phi) is 3.95. The van der Waals surface area contributed by atoms with E-state index in [9.17, 15) is 0 Å². The van der Waals surface area contributed by atoms with Crippen LogP contribution in [0, 0.1) is 0 Å². The van der Waals surface area contributed by atoms with Crippen LogP contribution in [0.1, 0.15) is 5.56 Å². The fourth-order valence-electron chi connectivity index (χ4n) is 2.27. The molecule has 0 amide bonds. The Morgan fingerprint density at radius 2 is 1.95 bits per heavy atom. The molecule has 21 heavy (non-hydrogen) atoms. The maximum atomic E-state index is 4.42. The summed E-state index contributed by atoms with van der Waals surface area (Å²) in [5.74, 6) is 0.857. The molecule has 2 aromatic heterocycles. The number of hydrogen-bond donors (Lipinski definition) is 0. The Balaban J connectivity index is 2.02. The zero-order chi connectivity index (χ0) is 15.0. The average molecular weight is 411 g/mol. The standard InChI is InChI=1S/C14H13Br2N5/c1-20(7-9-5-3-4-6-10(9)15)13-11-12(16)19-21(2)14(11)18-8-17-13/h3-6,8H,7H2,1-2H3. The van der Waals surface area contributed by atoms with Crippen LogP contribution in [0.25, 0.3) is 11.0 Å². The first kappa shape index (κ1) is 14.5. The Morgan fingerprint density at radius 3 is 2.71 bits per heavy atom. The lowest BCUT2D eigenvalue weighted by molar-refractivity contribution is 0.777. The molecule has 7 heteroatoms. The highest BCUT2D eigenvalue weighted by atomic mass is 79.9. The maximum Gasteiger partial charge on any atom is 0.164 e. The number of benzene rings is 1. The maximum absolute atomic E-state index is 4.42. The van der Waals surface area contributed by atoms with Gasteiger partial charge in [-0.25, -0.2) is 14.6 Å². The number of fused-ring (bicyclic) bond motifs is 1. The first-order valence-corrected chi connectivity index (χ1v) is 7.94. The molecular formula is C14H13Br2N5. The molecular weight excluding hydrogens is 398 g/mol. The van der Waals surface area contributed by atoms with Gasteiger partial charge in [0, 0.05) is 25.1 Å². The SMILES string of the molecule is CN(Cc1ccccc1Br)c1ncnc2c1c(Br)nn2C. The highest BCUT2D eigenvalue weighted by Gasteiger charge is 2.16. The van der Waals surface area contributed by atoms with Gasteiger partial charge >= 0.3 is 0 Å². The molecule has 2 heterocycles. The number of nitrogens with zero attached hydrogens (tertiary/aromatic N) is 5. The van der Waals surface area contributed by atoms with Crippen LogP contribution in [0.4, 0.5) is 5.82 Å². The molecule has 0 spiro atoms. The van der Waals surface area contributed by atoms with Crippen molar-refractivity contribution in [2.45, 2.75) is 6.54 Å². The van der Waals surface area contributed by atoms with Crippen LogP contribution >= 0.6 is 31.9 Å². The molecule has 0 aliphatic rings. The average Bonchev–Trinajstić information content (AvgIpc) is 2.77.